The molecule has 0 heterocycles. The van der Waals surface area contributed by atoms with E-state index in [9.17, 15) is 9.90 Å². The van der Waals surface area contributed by atoms with Crippen molar-refractivity contribution in [3.63, 3.8) is 0 Å². The first-order chi connectivity index (χ1) is 6.80. The third kappa shape index (κ3) is 6.33. The standard InChI is InChI=1S/C11H23NO3/c1-6-8(9(13)7-2)12-10(14)15-11(3,4)5/h8-9,13H,6-7H2,1-5H3,(H,12,14)/t8-,9+/m0/s1. The van der Waals surface area contributed by atoms with Gasteiger partial charge >= 0.3 is 6.09 Å². The highest BCUT2D eigenvalue weighted by molar-refractivity contribution is 5.68. The molecular weight excluding hydrogens is 194 g/mol. The number of hydrogen-bond acceptors (Lipinski definition) is 3. The fourth-order valence-corrected chi connectivity index (χ4v) is 1.21. The van der Waals surface area contributed by atoms with E-state index in [1.807, 2.05) is 34.6 Å². The highest BCUT2D eigenvalue weighted by Crippen LogP contribution is 2.08. The van der Waals surface area contributed by atoms with Crippen LogP contribution in [-0.4, -0.2) is 28.9 Å². The molecular formula is C11H23NO3. The van der Waals surface area contributed by atoms with Crippen molar-refractivity contribution in [3.05, 3.63) is 0 Å². The molecule has 0 aliphatic rings. The lowest BCUT2D eigenvalue weighted by atomic mass is 10.1. The van der Waals surface area contributed by atoms with E-state index in [-0.39, 0.29) is 6.04 Å². The second-order valence-corrected chi connectivity index (χ2v) is 4.64. The van der Waals surface area contributed by atoms with Crippen molar-refractivity contribution < 1.29 is 14.6 Å². The number of ether oxygens (including phenoxy) is 1. The first-order valence-electron chi connectivity index (χ1n) is 5.47. The van der Waals surface area contributed by atoms with Crippen LogP contribution < -0.4 is 5.32 Å². The van der Waals surface area contributed by atoms with Gasteiger partial charge in [0.05, 0.1) is 12.1 Å². The van der Waals surface area contributed by atoms with E-state index in [0.717, 1.165) is 0 Å². The maximum atomic E-state index is 11.4. The normalized spacial score (nSPS) is 15.6. The van der Waals surface area contributed by atoms with Gasteiger partial charge < -0.3 is 15.2 Å². The summed E-state index contributed by atoms with van der Waals surface area (Å²) in [7, 11) is 0. The molecule has 0 saturated carbocycles. The molecule has 90 valence electrons. The number of rotatable bonds is 4. The Labute approximate surface area is 92.0 Å². The van der Waals surface area contributed by atoms with Crippen molar-refractivity contribution in [2.75, 3.05) is 0 Å². The second kappa shape index (κ2) is 5.95. The molecule has 0 aromatic rings. The van der Waals surface area contributed by atoms with Crippen LogP contribution in [0.15, 0.2) is 0 Å². The number of aliphatic hydroxyl groups excluding tert-OH is 1. The van der Waals surface area contributed by atoms with Gasteiger partial charge in [0.2, 0.25) is 0 Å². The number of alkyl carbamates (subject to hydrolysis) is 1. The van der Waals surface area contributed by atoms with E-state index >= 15 is 0 Å². The topological polar surface area (TPSA) is 58.6 Å². The van der Waals surface area contributed by atoms with Crippen LogP contribution in [-0.2, 0) is 4.74 Å². The summed E-state index contributed by atoms with van der Waals surface area (Å²) in [6.45, 7) is 9.22. The first kappa shape index (κ1) is 14.2. The average Bonchev–Trinajstić information content (AvgIpc) is 2.10. The SMILES string of the molecule is CC[C@@H](O)[C@H](CC)NC(=O)OC(C)(C)C. The van der Waals surface area contributed by atoms with Crippen molar-refractivity contribution in [3.8, 4) is 0 Å². The maximum absolute atomic E-state index is 11.4. The third-order valence-electron chi connectivity index (χ3n) is 2.02. The molecule has 0 spiro atoms. The minimum absolute atomic E-state index is 0.232. The second-order valence-electron chi connectivity index (χ2n) is 4.64. The Morgan fingerprint density at radius 2 is 1.87 bits per heavy atom. The van der Waals surface area contributed by atoms with Crippen LogP contribution in [0.1, 0.15) is 47.5 Å². The lowest BCUT2D eigenvalue weighted by Crippen LogP contribution is -2.44. The quantitative estimate of drug-likeness (QED) is 0.757. The number of carbonyl (C=O) groups is 1. The number of amides is 1. The largest absolute Gasteiger partial charge is 0.444 e. The van der Waals surface area contributed by atoms with Crippen LogP contribution in [0.2, 0.25) is 0 Å². The lowest BCUT2D eigenvalue weighted by molar-refractivity contribution is 0.0415. The molecule has 0 rings (SSSR count). The van der Waals surface area contributed by atoms with Crippen molar-refractivity contribution in [1.82, 2.24) is 5.32 Å². The molecule has 0 bridgehead atoms. The minimum atomic E-state index is -0.512. The summed E-state index contributed by atoms with van der Waals surface area (Å²) in [4.78, 5) is 11.4. The van der Waals surface area contributed by atoms with Gasteiger partial charge in [0.15, 0.2) is 0 Å². The molecule has 4 nitrogen and oxygen atoms in total. The van der Waals surface area contributed by atoms with Crippen LogP contribution in [0.4, 0.5) is 4.79 Å². The van der Waals surface area contributed by atoms with Gasteiger partial charge in [-0.3, -0.25) is 0 Å². The fourth-order valence-electron chi connectivity index (χ4n) is 1.21. The van der Waals surface area contributed by atoms with Crippen LogP contribution in [0.25, 0.3) is 0 Å². The van der Waals surface area contributed by atoms with Crippen molar-refractivity contribution in [2.24, 2.45) is 0 Å². The number of aliphatic hydroxyl groups is 1. The first-order valence-corrected chi connectivity index (χ1v) is 5.47. The zero-order valence-electron chi connectivity index (χ0n) is 10.3. The number of carbonyl (C=O) groups excluding carboxylic acids is 1. The summed E-state index contributed by atoms with van der Waals surface area (Å²) in [5.74, 6) is 0. The zero-order valence-corrected chi connectivity index (χ0v) is 10.3. The number of nitrogens with one attached hydrogen (secondary N) is 1. The van der Waals surface area contributed by atoms with Crippen LogP contribution >= 0.6 is 0 Å². The van der Waals surface area contributed by atoms with Gasteiger partial charge in [-0.05, 0) is 33.6 Å². The van der Waals surface area contributed by atoms with Crippen molar-refractivity contribution in [2.45, 2.75) is 65.2 Å². The molecule has 0 saturated heterocycles. The van der Waals surface area contributed by atoms with E-state index in [2.05, 4.69) is 5.32 Å². The fraction of sp³-hybridized carbons (Fsp3) is 0.909. The summed E-state index contributed by atoms with van der Waals surface area (Å²) in [6.07, 6.45) is 0.326. The summed E-state index contributed by atoms with van der Waals surface area (Å²) in [5, 5.41) is 12.3. The highest BCUT2D eigenvalue weighted by Gasteiger charge is 2.22. The molecule has 0 aliphatic heterocycles. The Hall–Kier alpha value is -0.770. The Kier molecular flexibility index (Phi) is 5.65. The molecule has 1 amide bonds. The predicted octanol–water partition coefficient (Wildman–Crippen LogP) is 2.06. The smallest absolute Gasteiger partial charge is 0.407 e. The predicted molar refractivity (Wildman–Crippen MR) is 59.7 cm³/mol. The van der Waals surface area contributed by atoms with Crippen molar-refractivity contribution >= 4 is 6.09 Å². The molecule has 15 heavy (non-hydrogen) atoms. The molecule has 2 atom stereocenters. The summed E-state index contributed by atoms with van der Waals surface area (Å²) < 4.78 is 5.10. The van der Waals surface area contributed by atoms with Crippen molar-refractivity contribution in [1.29, 1.82) is 0 Å². The van der Waals surface area contributed by atoms with E-state index < -0.39 is 17.8 Å². The summed E-state index contributed by atoms with van der Waals surface area (Å²) >= 11 is 0. The Balaban J connectivity index is 4.13. The van der Waals surface area contributed by atoms with Gasteiger partial charge in [0, 0.05) is 0 Å². The van der Waals surface area contributed by atoms with Gasteiger partial charge in [-0.1, -0.05) is 13.8 Å². The molecule has 0 aromatic heterocycles. The van der Waals surface area contributed by atoms with E-state index in [0.29, 0.717) is 12.8 Å². The Morgan fingerprint density at radius 3 is 2.20 bits per heavy atom. The van der Waals surface area contributed by atoms with Crippen LogP contribution in [0, 0.1) is 0 Å². The van der Waals surface area contributed by atoms with Gasteiger partial charge in [-0.25, -0.2) is 4.79 Å². The molecule has 0 aliphatic carbocycles. The number of hydrogen-bond donors (Lipinski definition) is 2. The van der Waals surface area contributed by atoms with Gasteiger partial charge in [-0.15, -0.1) is 0 Å². The highest BCUT2D eigenvalue weighted by atomic mass is 16.6. The molecule has 0 fully saturated rings. The Bertz CT molecular complexity index is 198. The third-order valence-corrected chi connectivity index (χ3v) is 2.02. The molecule has 0 aromatic carbocycles. The molecule has 0 radical (unpaired) electrons. The summed E-state index contributed by atoms with van der Waals surface area (Å²) in [6, 6.07) is -0.232. The van der Waals surface area contributed by atoms with E-state index in [4.69, 9.17) is 4.74 Å². The minimum Gasteiger partial charge on any atom is -0.444 e. The summed E-state index contributed by atoms with van der Waals surface area (Å²) in [5.41, 5.74) is -0.500. The molecule has 4 heteroatoms. The maximum Gasteiger partial charge on any atom is 0.407 e. The average molecular weight is 217 g/mol. The molecule has 0 unspecified atom stereocenters. The van der Waals surface area contributed by atoms with E-state index in [1.165, 1.54) is 0 Å². The van der Waals surface area contributed by atoms with Gasteiger partial charge in [0.25, 0.3) is 0 Å². The van der Waals surface area contributed by atoms with Crippen LogP contribution in [0.3, 0.4) is 0 Å². The van der Waals surface area contributed by atoms with Gasteiger partial charge in [-0.2, -0.15) is 0 Å². The Morgan fingerprint density at radius 1 is 1.33 bits per heavy atom. The van der Waals surface area contributed by atoms with Gasteiger partial charge in [0.1, 0.15) is 5.60 Å². The monoisotopic (exact) mass is 217 g/mol. The van der Waals surface area contributed by atoms with Crippen LogP contribution in [0.5, 0.6) is 0 Å². The van der Waals surface area contributed by atoms with E-state index in [1.54, 1.807) is 0 Å². The lowest BCUT2D eigenvalue weighted by Gasteiger charge is -2.25. The zero-order chi connectivity index (χ0) is 12.1. The molecule has 2 N–H and O–H groups in total.